The molecule has 1 aliphatic heterocycles. The molecule has 1 heterocycles. The van der Waals surface area contributed by atoms with E-state index >= 15 is 0 Å². The molecule has 0 amide bonds. The van der Waals surface area contributed by atoms with Gasteiger partial charge in [-0.25, -0.2) is 0 Å². The molecule has 110 valence electrons. The predicted molar refractivity (Wildman–Crippen MR) is 82.2 cm³/mol. The quantitative estimate of drug-likeness (QED) is 0.846. The lowest BCUT2D eigenvalue weighted by molar-refractivity contribution is 0.254. The Morgan fingerprint density at radius 3 is 2.76 bits per heavy atom. The van der Waals surface area contributed by atoms with E-state index in [2.05, 4.69) is 18.3 Å². The minimum absolute atomic E-state index is 0.227. The Balaban J connectivity index is 1.78. The Labute approximate surface area is 124 Å². The van der Waals surface area contributed by atoms with Crippen LogP contribution < -0.4 is 14.8 Å². The zero-order valence-electron chi connectivity index (χ0n) is 12.2. The van der Waals surface area contributed by atoms with Gasteiger partial charge < -0.3 is 19.9 Å². The number of rotatable bonds is 4. The number of aromatic hydroxyl groups is 1. The van der Waals surface area contributed by atoms with Gasteiger partial charge in [0.05, 0.1) is 7.11 Å². The third-order valence-electron chi connectivity index (χ3n) is 3.65. The smallest absolute Gasteiger partial charge is 0.124 e. The summed E-state index contributed by atoms with van der Waals surface area (Å²) >= 11 is 0. The summed E-state index contributed by atoms with van der Waals surface area (Å²) in [5.74, 6) is 2.08. The fourth-order valence-electron chi connectivity index (χ4n) is 2.59. The molecule has 1 unspecified atom stereocenters. The van der Waals surface area contributed by atoms with Gasteiger partial charge in [0, 0.05) is 29.8 Å². The summed E-state index contributed by atoms with van der Waals surface area (Å²) in [6.45, 7) is 2.71. The molecule has 0 radical (unpaired) electrons. The average molecular weight is 285 g/mol. The summed E-state index contributed by atoms with van der Waals surface area (Å²) in [7, 11) is 1.69. The monoisotopic (exact) mass is 285 g/mol. The van der Waals surface area contributed by atoms with Crippen LogP contribution in [0.4, 0.5) is 5.69 Å². The Morgan fingerprint density at radius 1 is 1.29 bits per heavy atom. The van der Waals surface area contributed by atoms with E-state index in [0.717, 1.165) is 29.2 Å². The molecule has 0 spiro atoms. The Hall–Kier alpha value is -2.36. The molecule has 0 aliphatic carbocycles. The third-order valence-corrected chi connectivity index (χ3v) is 3.65. The lowest BCUT2D eigenvalue weighted by Gasteiger charge is -2.13. The van der Waals surface area contributed by atoms with Gasteiger partial charge in [0.2, 0.25) is 0 Å². The molecule has 4 heteroatoms. The van der Waals surface area contributed by atoms with Crippen LogP contribution in [0, 0.1) is 0 Å². The Kier molecular flexibility index (Phi) is 3.60. The summed E-state index contributed by atoms with van der Waals surface area (Å²) in [4.78, 5) is 0. The number of phenolic OH excluding ortho intramolecular Hbond substituents is 1. The minimum atomic E-state index is 0.227. The van der Waals surface area contributed by atoms with Crippen molar-refractivity contribution >= 4 is 5.69 Å². The van der Waals surface area contributed by atoms with Crippen molar-refractivity contribution in [3.05, 3.63) is 47.5 Å². The molecule has 0 saturated carbocycles. The number of anilines is 1. The normalized spacial score (nSPS) is 16.2. The van der Waals surface area contributed by atoms with E-state index in [1.165, 1.54) is 5.56 Å². The topological polar surface area (TPSA) is 50.7 Å². The Bertz CT molecular complexity index is 637. The molecule has 0 fully saturated rings. The highest BCUT2D eigenvalue weighted by Crippen LogP contribution is 2.35. The molecule has 2 aromatic carbocycles. The first kappa shape index (κ1) is 13.6. The molecule has 1 atom stereocenters. The van der Waals surface area contributed by atoms with Crippen molar-refractivity contribution in [3.63, 3.8) is 0 Å². The second kappa shape index (κ2) is 5.56. The number of hydrogen-bond acceptors (Lipinski definition) is 4. The van der Waals surface area contributed by atoms with Crippen molar-refractivity contribution < 1.29 is 14.6 Å². The van der Waals surface area contributed by atoms with E-state index in [1.807, 2.05) is 18.2 Å². The van der Waals surface area contributed by atoms with Gasteiger partial charge in [-0.2, -0.15) is 0 Å². The van der Waals surface area contributed by atoms with Crippen LogP contribution in [0.5, 0.6) is 17.2 Å². The maximum absolute atomic E-state index is 9.29. The van der Waals surface area contributed by atoms with Crippen molar-refractivity contribution in [2.45, 2.75) is 26.0 Å². The lowest BCUT2D eigenvalue weighted by Crippen LogP contribution is -2.05. The maximum Gasteiger partial charge on any atom is 0.124 e. The number of phenols is 1. The number of nitrogens with one attached hydrogen (secondary N) is 1. The van der Waals surface area contributed by atoms with E-state index in [1.54, 1.807) is 19.2 Å². The summed E-state index contributed by atoms with van der Waals surface area (Å²) in [6, 6.07) is 11.1. The minimum Gasteiger partial charge on any atom is -0.508 e. The number of methoxy groups -OCH3 is 1. The molecule has 0 aromatic heterocycles. The van der Waals surface area contributed by atoms with Crippen LogP contribution in [0.25, 0.3) is 0 Å². The van der Waals surface area contributed by atoms with Gasteiger partial charge in [-0.3, -0.25) is 0 Å². The molecule has 0 saturated heterocycles. The predicted octanol–water partition coefficient (Wildman–Crippen LogP) is 3.34. The second-order valence-electron chi connectivity index (χ2n) is 5.30. The largest absolute Gasteiger partial charge is 0.508 e. The zero-order valence-corrected chi connectivity index (χ0v) is 12.2. The average Bonchev–Trinajstić information content (AvgIpc) is 2.84. The molecule has 3 rings (SSSR count). The van der Waals surface area contributed by atoms with Crippen molar-refractivity contribution in [3.8, 4) is 17.2 Å². The van der Waals surface area contributed by atoms with Gasteiger partial charge in [-0.15, -0.1) is 0 Å². The highest BCUT2D eigenvalue weighted by molar-refractivity contribution is 5.51. The summed E-state index contributed by atoms with van der Waals surface area (Å²) in [5.41, 5.74) is 3.20. The van der Waals surface area contributed by atoms with E-state index in [4.69, 9.17) is 9.47 Å². The lowest BCUT2D eigenvalue weighted by atomic mass is 10.1. The van der Waals surface area contributed by atoms with Crippen LogP contribution in [0.3, 0.4) is 0 Å². The van der Waals surface area contributed by atoms with Crippen LogP contribution in [0.1, 0.15) is 18.1 Å². The number of ether oxygens (including phenoxy) is 2. The van der Waals surface area contributed by atoms with Gasteiger partial charge in [0.1, 0.15) is 23.4 Å². The van der Waals surface area contributed by atoms with Crippen molar-refractivity contribution in [1.29, 1.82) is 0 Å². The third kappa shape index (κ3) is 2.89. The van der Waals surface area contributed by atoms with E-state index in [9.17, 15) is 5.11 Å². The summed E-state index contributed by atoms with van der Waals surface area (Å²) < 4.78 is 11.3. The molecule has 2 N–H and O–H groups in total. The standard InChI is InChI=1S/C17H19NO3/c1-11-7-12-8-16(20-2)13(9-17(12)21-11)10-18-14-3-5-15(19)6-4-14/h3-6,8-9,11,18-19H,7,10H2,1-2H3. The van der Waals surface area contributed by atoms with Crippen LogP contribution in [0.15, 0.2) is 36.4 Å². The first-order valence-electron chi connectivity index (χ1n) is 7.05. The highest BCUT2D eigenvalue weighted by atomic mass is 16.5. The first-order valence-corrected chi connectivity index (χ1v) is 7.05. The van der Waals surface area contributed by atoms with Gasteiger partial charge in [-0.1, -0.05) is 0 Å². The van der Waals surface area contributed by atoms with Gasteiger partial charge in [0.15, 0.2) is 0 Å². The zero-order chi connectivity index (χ0) is 14.8. The van der Waals surface area contributed by atoms with Crippen LogP contribution in [-0.2, 0) is 13.0 Å². The molecule has 2 aromatic rings. The summed E-state index contributed by atoms with van der Waals surface area (Å²) in [6.07, 6.45) is 1.15. The van der Waals surface area contributed by atoms with Gasteiger partial charge >= 0.3 is 0 Å². The Morgan fingerprint density at radius 2 is 2.05 bits per heavy atom. The summed E-state index contributed by atoms with van der Waals surface area (Å²) in [5, 5.41) is 12.6. The molecule has 0 bridgehead atoms. The van der Waals surface area contributed by atoms with Crippen LogP contribution in [-0.4, -0.2) is 18.3 Å². The van der Waals surface area contributed by atoms with Gasteiger partial charge in [-0.05, 0) is 43.3 Å². The van der Waals surface area contributed by atoms with Crippen LogP contribution in [0.2, 0.25) is 0 Å². The number of benzene rings is 2. The number of fused-ring (bicyclic) bond motifs is 1. The number of hydrogen-bond donors (Lipinski definition) is 2. The second-order valence-corrected chi connectivity index (χ2v) is 5.30. The van der Waals surface area contributed by atoms with Crippen molar-refractivity contribution in [2.75, 3.05) is 12.4 Å². The van der Waals surface area contributed by atoms with E-state index in [-0.39, 0.29) is 11.9 Å². The molecular formula is C17H19NO3. The fourth-order valence-corrected chi connectivity index (χ4v) is 2.59. The van der Waals surface area contributed by atoms with E-state index < -0.39 is 0 Å². The van der Waals surface area contributed by atoms with Crippen molar-refractivity contribution in [2.24, 2.45) is 0 Å². The van der Waals surface area contributed by atoms with E-state index in [0.29, 0.717) is 6.54 Å². The molecule has 4 nitrogen and oxygen atoms in total. The van der Waals surface area contributed by atoms with Crippen LogP contribution >= 0.6 is 0 Å². The SMILES string of the molecule is COc1cc2c(cc1CNc1ccc(O)cc1)OC(C)C2. The van der Waals surface area contributed by atoms with Crippen molar-refractivity contribution in [1.82, 2.24) is 0 Å². The fraction of sp³-hybridized carbons (Fsp3) is 0.294. The molecular weight excluding hydrogens is 266 g/mol. The first-order chi connectivity index (χ1) is 10.2. The maximum atomic E-state index is 9.29. The molecule has 21 heavy (non-hydrogen) atoms. The van der Waals surface area contributed by atoms with Gasteiger partial charge in [0.25, 0.3) is 0 Å². The highest BCUT2D eigenvalue weighted by Gasteiger charge is 2.21. The molecule has 1 aliphatic rings.